The molecule has 0 saturated carbocycles. The smallest absolute Gasteiger partial charge is 0.137 e. The molecule has 6 heteroatoms. The van der Waals surface area contributed by atoms with Gasteiger partial charge in [0, 0.05) is 51.5 Å². The average Bonchev–Trinajstić information content (AvgIpc) is 3.53. The first-order valence-corrected chi connectivity index (χ1v) is 18.3. The van der Waals surface area contributed by atoms with Gasteiger partial charge in [-0.05, 0) is 105 Å². The van der Waals surface area contributed by atoms with Crippen LogP contribution in [-0.2, 0) is 5.41 Å². The van der Waals surface area contributed by atoms with Crippen LogP contribution in [0.5, 0.6) is 11.5 Å². The number of nitrogens with zero attached hydrogens (tertiary/aromatic N) is 4. The van der Waals surface area contributed by atoms with Crippen molar-refractivity contribution in [1.29, 1.82) is 0 Å². The van der Waals surface area contributed by atoms with Gasteiger partial charge in [-0.25, -0.2) is 9.67 Å². The molecular formula is C42H46N4OS. The van der Waals surface area contributed by atoms with Crippen molar-refractivity contribution in [3.05, 3.63) is 119 Å². The van der Waals surface area contributed by atoms with Crippen molar-refractivity contribution in [1.82, 2.24) is 19.3 Å². The molecule has 0 saturated heterocycles. The van der Waals surface area contributed by atoms with E-state index in [-0.39, 0.29) is 5.41 Å². The summed E-state index contributed by atoms with van der Waals surface area (Å²) in [6.07, 6.45) is 7.80. The zero-order chi connectivity index (χ0) is 33.9. The van der Waals surface area contributed by atoms with E-state index in [0.29, 0.717) is 17.1 Å². The number of hydrogen-bond donors (Lipinski definition) is 0. The van der Waals surface area contributed by atoms with Crippen LogP contribution >= 0.6 is 11.8 Å². The molecule has 48 heavy (non-hydrogen) atoms. The summed E-state index contributed by atoms with van der Waals surface area (Å²) < 4.78 is 11.0. The molecule has 0 fully saturated rings. The van der Waals surface area contributed by atoms with Gasteiger partial charge in [0.25, 0.3) is 0 Å². The van der Waals surface area contributed by atoms with Crippen LogP contribution in [-0.4, -0.2) is 30.8 Å². The van der Waals surface area contributed by atoms with Crippen molar-refractivity contribution in [3.8, 4) is 23.0 Å². The number of pyridine rings is 1. The van der Waals surface area contributed by atoms with Gasteiger partial charge in [-0.2, -0.15) is 16.9 Å². The van der Waals surface area contributed by atoms with Gasteiger partial charge in [-0.1, -0.05) is 57.5 Å². The number of rotatable bonds is 6. The van der Waals surface area contributed by atoms with Gasteiger partial charge in [0.15, 0.2) is 0 Å². The van der Waals surface area contributed by atoms with Gasteiger partial charge in [-0.15, -0.1) is 0 Å². The molecule has 3 aromatic carbocycles. The van der Waals surface area contributed by atoms with Crippen molar-refractivity contribution in [2.24, 2.45) is 5.92 Å². The molecule has 1 aliphatic rings. The van der Waals surface area contributed by atoms with Crippen molar-refractivity contribution < 1.29 is 4.74 Å². The number of benzene rings is 3. The maximum atomic E-state index is 6.66. The second-order valence-electron chi connectivity index (χ2n) is 14.7. The molecule has 5 nitrogen and oxygen atoms in total. The lowest BCUT2D eigenvalue weighted by Crippen LogP contribution is -2.22. The fourth-order valence-electron chi connectivity index (χ4n) is 7.76. The molecule has 0 aliphatic heterocycles. The number of fused-ring (bicyclic) bond motifs is 3. The number of aryl methyl sites for hydroxylation is 2. The highest BCUT2D eigenvalue weighted by atomic mass is 32.2. The minimum Gasteiger partial charge on any atom is -0.457 e. The SMILES string of the molecule is CS[C@H]1C=C(C)C(c2c(C)nn(-c3cc(C)cc(Oc4ccc5c6ccccc6n(-c6cc(C(C)(C)C)ccn6)c5c4)c3)c2C)[C@@H](C)C1. The first kappa shape index (κ1) is 32.3. The lowest BCUT2D eigenvalue weighted by molar-refractivity contribution is 0.453. The first-order valence-electron chi connectivity index (χ1n) is 17.0. The molecule has 0 radical (unpaired) electrons. The molecule has 7 rings (SSSR count). The highest BCUT2D eigenvalue weighted by Crippen LogP contribution is 2.44. The van der Waals surface area contributed by atoms with E-state index in [9.17, 15) is 0 Å². The third kappa shape index (κ3) is 5.74. The number of para-hydroxylation sites is 1. The third-order valence-corrected chi connectivity index (χ3v) is 11.0. The van der Waals surface area contributed by atoms with E-state index >= 15 is 0 Å². The van der Waals surface area contributed by atoms with E-state index in [0.717, 1.165) is 45.3 Å². The van der Waals surface area contributed by atoms with E-state index in [2.05, 4.69) is 150 Å². The number of allylic oxidation sites excluding steroid dienone is 1. The fourth-order valence-corrected chi connectivity index (χ4v) is 8.61. The predicted octanol–water partition coefficient (Wildman–Crippen LogP) is 11.2. The van der Waals surface area contributed by atoms with Crippen LogP contribution in [0, 0.1) is 26.7 Å². The maximum absolute atomic E-state index is 6.66. The standard InChI is InChI=1S/C42H46N4OS/c1-25-18-31(46-29(5)41(28(4)44-46)40-26(2)20-34(48-9)21-27(40)3)23-33(19-25)47-32-14-15-36-35-12-10-11-13-37(35)45(38(36)24-32)39-22-30(16-17-43-39)42(6,7)8/h10-20,22-24,27,34,40H,21H2,1-9H3/t27-,34-,40?/m0/s1. The van der Waals surface area contributed by atoms with Crippen LogP contribution < -0.4 is 4.74 Å². The molecule has 3 atom stereocenters. The number of hydrogen-bond acceptors (Lipinski definition) is 4. The van der Waals surface area contributed by atoms with Gasteiger partial charge in [0.2, 0.25) is 0 Å². The van der Waals surface area contributed by atoms with E-state index in [1.165, 1.54) is 39.6 Å². The molecule has 0 amide bonds. The molecule has 1 aliphatic carbocycles. The van der Waals surface area contributed by atoms with Gasteiger partial charge in [0.1, 0.15) is 17.3 Å². The zero-order valence-corrected chi connectivity index (χ0v) is 30.4. The normalized spacial score (nSPS) is 18.4. The molecule has 0 N–H and O–H groups in total. The van der Waals surface area contributed by atoms with Crippen LogP contribution in [0.2, 0.25) is 0 Å². The topological polar surface area (TPSA) is 44.9 Å². The highest BCUT2D eigenvalue weighted by Gasteiger charge is 2.32. The number of ether oxygens (including phenoxy) is 1. The van der Waals surface area contributed by atoms with Crippen molar-refractivity contribution in [2.45, 2.75) is 78.4 Å². The zero-order valence-electron chi connectivity index (χ0n) is 29.6. The van der Waals surface area contributed by atoms with Crippen molar-refractivity contribution in [2.75, 3.05) is 6.26 Å². The van der Waals surface area contributed by atoms with Crippen LogP contribution in [0.3, 0.4) is 0 Å². The summed E-state index contributed by atoms with van der Waals surface area (Å²) >= 11 is 1.95. The van der Waals surface area contributed by atoms with Crippen LogP contribution in [0.15, 0.2) is 90.6 Å². The van der Waals surface area contributed by atoms with Gasteiger partial charge >= 0.3 is 0 Å². The van der Waals surface area contributed by atoms with Crippen LogP contribution in [0.4, 0.5) is 0 Å². The molecule has 6 aromatic rings. The maximum Gasteiger partial charge on any atom is 0.137 e. The van der Waals surface area contributed by atoms with Crippen LogP contribution in [0.1, 0.15) is 75.0 Å². The largest absolute Gasteiger partial charge is 0.457 e. The van der Waals surface area contributed by atoms with Gasteiger partial charge in [-0.3, -0.25) is 4.57 Å². The fraction of sp³-hybridized carbons (Fsp3) is 0.333. The molecule has 0 spiro atoms. The second kappa shape index (κ2) is 12.3. The Bertz CT molecular complexity index is 2200. The molecular weight excluding hydrogens is 609 g/mol. The predicted molar refractivity (Wildman–Crippen MR) is 203 cm³/mol. The number of aromatic nitrogens is 4. The average molecular weight is 655 g/mol. The Hall–Kier alpha value is -4.29. The summed E-state index contributed by atoms with van der Waals surface area (Å²) in [7, 11) is 0. The minimum absolute atomic E-state index is 0.0152. The summed E-state index contributed by atoms with van der Waals surface area (Å²) in [4.78, 5) is 4.84. The Labute approximate surface area is 289 Å². The lowest BCUT2D eigenvalue weighted by Gasteiger charge is -2.33. The molecule has 246 valence electrons. The Kier molecular flexibility index (Phi) is 8.27. The second-order valence-corrected chi connectivity index (χ2v) is 15.7. The summed E-state index contributed by atoms with van der Waals surface area (Å²) in [6, 6.07) is 25.7. The third-order valence-electron chi connectivity index (χ3n) is 10.1. The Morgan fingerprint density at radius 2 is 1.62 bits per heavy atom. The summed E-state index contributed by atoms with van der Waals surface area (Å²) in [5, 5.41) is 8.07. The monoisotopic (exact) mass is 654 g/mol. The van der Waals surface area contributed by atoms with E-state index in [1.54, 1.807) is 0 Å². The highest BCUT2D eigenvalue weighted by molar-refractivity contribution is 7.99. The van der Waals surface area contributed by atoms with Crippen LogP contribution in [0.25, 0.3) is 33.3 Å². The Balaban J connectivity index is 1.28. The molecule has 1 unspecified atom stereocenters. The van der Waals surface area contributed by atoms with E-state index in [1.807, 2.05) is 18.0 Å². The van der Waals surface area contributed by atoms with Gasteiger partial charge in [0.05, 0.1) is 22.4 Å². The summed E-state index contributed by atoms with van der Waals surface area (Å²) in [5.74, 6) is 3.43. The van der Waals surface area contributed by atoms with Crippen molar-refractivity contribution >= 4 is 33.6 Å². The van der Waals surface area contributed by atoms with E-state index in [4.69, 9.17) is 14.8 Å². The van der Waals surface area contributed by atoms with Gasteiger partial charge < -0.3 is 4.74 Å². The molecule has 3 aromatic heterocycles. The first-order chi connectivity index (χ1) is 22.9. The molecule has 0 bridgehead atoms. The Morgan fingerprint density at radius 3 is 2.38 bits per heavy atom. The van der Waals surface area contributed by atoms with E-state index < -0.39 is 0 Å². The lowest BCUT2D eigenvalue weighted by atomic mass is 9.75. The number of thioether (sulfide) groups is 1. The summed E-state index contributed by atoms with van der Waals surface area (Å²) in [5.41, 5.74) is 10.7. The van der Waals surface area contributed by atoms with Crippen molar-refractivity contribution in [3.63, 3.8) is 0 Å². The quantitative estimate of drug-likeness (QED) is 0.168. The molecule has 3 heterocycles. The minimum atomic E-state index is 0.0152. The Morgan fingerprint density at radius 1 is 0.854 bits per heavy atom. The summed E-state index contributed by atoms with van der Waals surface area (Å²) in [6.45, 7) is 17.9.